The van der Waals surface area contributed by atoms with Gasteiger partial charge in [-0.05, 0) is 29.8 Å². The van der Waals surface area contributed by atoms with Crippen LogP contribution in [-0.4, -0.2) is 34.7 Å². The van der Waals surface area contributed by atoms with Crippen molar-refractivity contribution in [1.29, 1.82) is 0 Å². The first kappa shape index (κ1) is 16.3. The highest BCUT2D eigenvalue weighted by molar-refractivity contribution is 6.30. The number of ether oxygens (including phenoxy) is 1. The second kappa shape index (κ2) is 7.35. The van der Waals surface area contributed by atoms with E-state index in [4.69, 9.17) is 20.9 Å². The average molecular weight is 356 g/mol. The number of nitrogens with zero attached hydrogens (tertiary/aromatic N) is 3. The Balaban J connectivity index is 1.42. The summed E-state index contributed by atoms with van der Waals surface area (Å²) in [4.78, 5) is 6.34. The molecule has 0 bridgehead atoms. The minimum absolute atomic E-state index is 0.0496. The zero-order valence-electron chi connectivity index (χ0n) is 13.6. The van der Waals surface area contributed by atoms with Crippen LogP contribution in [0.1, 0.15) is 17.4 Å². The van der Waals surface area contributed by atoms with E-state index in [-0.39, 0.29) is 6.10 Å². The average Bonchev–Trinajstić information content (AvgIpc) is 3.12. The molecule has 0 radical (unpaired) electrons. The van der Waals surface area contributed by atoms with Crippen LogP contribution in [0.5, 0.6) is 0 Å². The van der Waals surface area contributed by atoms with Crippen LogP contribution in [-0.2, 0) is 11.3 Å². The molecule has 1 saturated heterocycles. The lowest BCUT2D eigenvalue weighted by Gasteiger charge is -2.32. The van der Waals surface area contributed by atoms with Gasteiger partial charge in [-0.15, -0.1) is 0 Å². The molecule has 1 aliphatic heterocycles. The molecule has 0 N–H and O–H groups in total. The minimum Gasteiger partial charge on any atom is -0.371 e. The van der Waals surface area contributed by atoms with Crippen LogP contribution in [0.3, 0.4) is 0 Å². The number of halogens is 1. The summed E-state index contributed by atoms with van der Waals surface area (Å²) in [6, 6.07) is 13.7. The molecule has 6 heteroatoms. The van der Waals surface area contributed by atoms with E-state index >= 15 is 0 Å². The minimum atomic E-state index is 0.0496. The van der Waals surface area contributed by atoms with Crippen LogP contribution in [0.2, 0.25) is 5.02 Å². The van der Waals surface area contributed by atoms with Crippen LogP contribution in [0.4, 0.5) is 0 Å². The van der Waals surface area contributed by atoms with E-state index in [1.807, 2.05) is 42.5 Å². The topological polar surface area (TPSA) is 51.4 Å². The first-order chi connectivity index (χ1) is 12.3. The van der Waals surface area contributed by atoms with Gasteiger partial charge in [0.1, 0.15) is 5.69 Å². The van der Waals surface area contributed by atoms with Crippen LogP contribution in [0, 0.1) is 0 Å². The van der Waals surface area contributed by atoms with Gasteiger partial charge in [0.2, 0.25) is 0 Å². The Bertz CT molecular complexity index is 820. The van der Waals surface area contributed by atoms with Gasteiger partial charge in [0, 0.05) is 42.1 Å². The number of morpholine rings is 1. The molecular formula is C19H18ClN3O2. The monoisotopic (exact) mass is 355 g/mol. The third-order valence-corrected chi connectivity index (χ3v) is 4.56. The van der Waals surface area contributed by atoms with E-state index in [1.54, 1.807) is 12.4 Å². The lowest BCUT2D eigenvalue weighted by molar-refractivity contribution is -0.0351. The molecular weight excluding hydrogens is 338 g/mol. The maximum absolute atomic E-state index is 5.96. The van der Waals surface area contributed by atoms with Crippen LogP contribution < -0.4 is 0 Å². The molecule has 0 spiro atoms. The molecule has 4 rings (SSSR count). The standard InChI is InChI=1S/C19H18ClN3O2/c20-16-3-1-15(2-4-16)19-13-23(9-10-24-19)12-17-11-18(22-25-17)14-5-7-21-8-6-14/h1-8,11,19H,9-10,12-13H2/t19-/m0/s1. The van der Waals surface area contributed by atoms with Crippen molar-refractivity contribution in [2.24, 2.45) is 0 Å². The highest BCUT2D eigenvalue weighted by Gasteiger charge is 2.23. The van der Waals surface area contributed by atoms with E-state index in [9.17, 15) is 0 Å². The summed E-state index contributed by atoms with van der Waals surface area (Å²) in [5, 5.41) is 4.90. The predicted octanol–water partition coefficient (Wildman–Crippen LogP) is 3.96. The van der Waals surface area contributed by atoms with Gasteiger partial charge in [0.15, 0.2) is 5.76 Å². The Kier molecular flexibility index (Phi) is 4.78. The van der Waals surface area contributed by atoms with E-state index in [0.717, 1.165) is 40.7 Å². The summed E-state index contributed by atoms with van der Waals surface area (Å²) >= 11 is 5.96. The fraction of sp³-hybridized carbons (Fsp3) is 0.263. The lowest BCUT2D eigenvalue weighted by atomic mass is 10.1. The number of hydrogen-bond donors (Lipinski definition) is 0. The largest absolute Gasteiger partial charge is 0.371 e. The third kappa shape index (κ3) is 3.90. The van der Waals surface area contributed by atoms with E-state index in [0.29, 0.717) is 13.2 Å². The molecule has 1 atom stereocenters. The third-order valence-electron chi connectivity index (χ3n) is 4.31. The van der Waals surface area contributed by atoms with Crippen molar-refractivity contribution >= 4 is 11.6 Å². The van der Waals surface area contributed by atoms with Gasteiger partial charge in [-0.25, -0.2) is 0 Å². The van der Waals surface area contributed by atoms with Gasteiger partial charge in [-0.3, -0.25) is 9.88 Å². The fourth-order valence-corrected chi connectivity index (χ4v) is 3.12. The molecule has 0 aliphatic carbocycles. The summed E-state index contributed by atoms with van der Waals surface area (Å²) < 4.78 is 11.4. The van der Waals surface area contributed by atoms with Crippen molar-refractivity contribution in [2.75, 3.05) is 19.7 Å². The van der Waals surface area contributed by atoms with Gasteiger partial charge in [-0.2, -0.15) is 0 Å². The molecule has 0 amide bonds. The Morgan fingerprint density at radius 2 is 1.92 bits per heavy atom. The quantitative estimate of drug-likeness (QED) is 0.709. The number of aromatic nitrogens is 2. The number of hydrogen-bond acceptors (Lipinski definition) is 5. The zero-order chi connectivity index (χ0) is 17.1. The number of rotatable bonds is 4. The Morgan fingerprint density at radius 3 is 2.72 bits per heavy atom. The van der Waals surface area contributed by atoms with Crippen molar-refractivity contribution in [2.45, 2.75) is 12.6 Å². The fourth-order valence-electron chi connectivity index (χ4n) is 2.99. The molecule has 3 heterocycles. The van der Waals surface area contributed by atoms with Crippen LogP contribution in [0.25, 0.3) is 11.3 Å². The van der Waals surface area contributed by atoms with Gasteiger partial charge < -0.3 is 9.26 Å². The molecule has 25 heavy (non-hydrogen) atoms. The van der Waals surface area contributed by atoms with Gasteiger partial charge in [-0.1, -0.05) is 28.9 Å². The maximum atomic E-state index is 5.96. The smallest absolute Gasteiger partial charge is 0.151 e. The normalized spacial score (nSPS) is 18.4. The van der Waals surface area contributed by atoms with E-state index in [2.05, 4.69) is 15.0 Å². The van der Waals surface area contributed by atoms with Crippen molar-refractivity contribution in [1.82, 2.24) is 15.0 Å². The maximum Gasteiger partial charge on any atom is 0.151 e. The molecule has 2 aromatic heterocycles. The molecule has 0 unspecified atom stereocenters. The molecule has 5 nitrogen and oxygen atoms in total. The molecule has 1 fully saturated rings. The number of pyridine rings is 1. The van der Waals surface area contributed by atoms with Crippen molar-refractivity contribution < 1.29 is 9.26 Å². The predicted molar refractivity (Wildman–Crippen MR) is 95.2 cm³/mol. The van der Waals surface area contributed by atoms with Gasteiger partial charge in [0.25, 0.3) is 0 Å². The first-order valence-corrected chi connectivity index (χ1v) is 8.61. The van der Waals surface area contributed by atoms with Crippen molar-refractivity contribution in [3.63, 3.8) is 0 Å². The Morgan fingerprint density at radius 1 is 1.12 bits per heavy atom. The summed E-state index contributed by atoms with van der Waals surface area (Å²) in [6.07, 6.45) is 3.55. The summed E-state index contributed by atoms with van der Waals surface area (Å²) in [6.45, 7) is 3.09. The Hall–Kier alpha value is -2.21. The van der Waals surface area contributed by atoms with Gasteiger partial charge >= 0.3 is 0 Å². The SMILES string of the molecule is Clc1ccc([C@@H]2CN(Cc3cc(-c4ccncc4)no3)CCO2)cc1. The Labute approximate surface area is 151 Å². The summed E-state index contributed by atoms with van der Waals surface area (Å²) in [5.74, 6) is 0.851. The molecule has 1 aliphatic rings. The summed E-state index contributed by atoms with van der Waals surface area (Å²) in [5.41, 5.74) is 2.98. The summed E-state index contributed by atoms with van der Waals surface area (Å²) in [7, 11) is 0. The highest BCUT2D eigenvalue weighted by atomic mass is 35.5. The molecule has 0 saturated carbocycles. The van der Waals surface area contributed by atoms with Crippen molar-refractivity contribution in [3.8, 4) is 11.3 Å². The molecule has 3 aromatic rings. The zero-order valence-corrected chi connectivity index (χ0v) is 14.4. The van der Waals surface area contributed by atoms with E-state index < -0.39 is 0 Å². The first-order valence-electron chi connectivity index (χ1n) is 8.23. The van der Waals surface area contributed by atoms with Crippen LogP contribution >= 0.6 is 11.6 Å². The second-order valence-corrected chi connectivity index (χ2v) is 6.50. The molecule has 128 valence electrons. The van der Waals surface area contributed by atoms with E-state index in [1.165, 1.54) is 0 Å². The van der Waals surface area contributed by atoms with Gasteiger partial charge in [0.05, 0.1) is 19.3 Å². The van der Waals surface area contributed by atoms with Crippen molar-refractivity contribution in [3.05, 3.63) is 71.2 Å². The van der Waals surface area contributed by atoms with Crippen LogP contribution in [0.15, 0.2) is 59.4 Å². The number of benzene rings is 1. The highest BCUT2D eigenvalue weighted by Crippen LogP contribution is 2.25. The second-order valence-electron chi connectivity index (χ2n) is 6.06. The lowest BCUT2D eigenvalue weighted by Crippen LogP contribution is -2.37. The molecule has 1 aromatic carbocycles.